The van der Waals surface area contributed by atoms with Crippen LogP contribution in [0.4, 0.5) is 5.82 Å². The Labute approximate surface area is 100 Å². The number of nitrogens with zero attached hydrogens (tertiary/aromatic N) is 2. The van der Waals surface area contributed by atoms with Crippen molar-refractivity contribution in [2.24, 2.45) is 0 Å². The van der Waals surface area contributed by atoms with Crippen molar-refractivity contribution in [3.05, 3.63) is 11.5 Å². The third kappa shape index (κ3) is 1.79. The molecular formula is C12H17N3S. The molecule has 1 aliphatic carbocycles. The summed E-state index contributed by atoms with van der Waals surface area (Å²) in [5, 5.41) is 0. The lowest BCUT2D eigenvalue weighted by Crippen LogP contribution is -2.12. The summed E-state index contributed by atoms with van der Waals surface area (Å²) in [7, 11) is 0. The summed E-state index contributed by atoms with van der Waals surface area (Å²) in [6, 6.07) is 0. The van der Waals surface area contributed by atoms with E-state index in [1.807, 2.05) is 11.8 Å². The number of rotatable bonds is 1. The van der Waals surface area contributed by atoms with Gasteiger partial charge in [-0.15, -0.1) is 11.8 Å². The molecule has 1 aliphatic heterocycles. The van der Waals surface area contributed by atoms with Crippen LogP contribution in [0.2, 0.25) is 0 Å². The molecule has 0 amide bonds. The second-order valence-electron chi connectivity index (χ2n) is 4.68. The number of thioether (sulfide) groups is 1. The predicted molar refractivity (Wildman–Crippen MR) is 66.7 cm³/mol. The summed E-state index contributed by atoms with van der Waals surface area (Å²) in [4.78, 5) is 10.4. The summed E-state index contributed by atoms with van der Waals surface area (Å²) in [5.41, 5.74) is 7.24. The number of aryl methyl sites for hydroxylation is 1. The van der Waals surface area contributed by atoms with Gasteiger partial charge < -0.3 is 5.73 Å². The molecule has 0 saturated heterocycles. The number of aromatic nitrogens is 2. The Morgan fingerprint density at radius 1 is 1.12 bits per heavy atom. The van der Waals surface area contributed by atoms with Gasteiger partial charge >= 0.3 is 0 Å². The minimum Gasteiger partial charge on any atom is -0.383 e. The fourth-order valence-corrected chi connectivity index (χ4v) is 3.64. The van der Waals surface area contributed by atoms with Gasteiger partial charge in [-0.25, -0.2) is 9.97 Å². The van der Waals surface area contributed by atoms with Crippen molar-refractivity contribution < 1.29 is 0 Å². The van der Waals surface area contributed by atoms with E-state index >= 15 is 0 Å². The number of fused-ring (bicyclic) bond motifs is 1. The second kappa shape index (κ2) is 4.24. The lowest BCUT2D eigenvalue weighted by molar-refractivity contribution is 0.652. The predicted octanol–water partition coefficient (Wildman–Crippen LogP) is 2.75. The van der Waals surface area contributed by atoms with Crippen molar-refractivity contribution in [3.63, 3.8) is 0 Å². The van der Waals surface area contributed by atoms with Gasteiger partial charge in [0.25, 0.3) is 0 Å². The highest BCUT2D eigenvalue weighted by Gasteiger charge is 2.23. The van der Waals surface area contributed by atoms with Crippen LogP contribution in [-0.2, 0) is 6.42 Å². The van der Waals surface area contributed by atoms with Gasteiger partial charge in [-0.05, 0) is 31.4 Å². The smallest absolute Gasteiger partial charge is 0.141 e. The van der Waals surface area contributed by atoms with Crippen LogP contribution in [0.5, 0.6) is 0 Å². The van der Waals surface area contributed by atoms with E-state index in [1.54, 1.807) is 0 Å². The third-order valence-electron chi connectivity index (χ3n) is 3.50. The minimum atomic E-state index is 0.569. The maximum atomic E-state index is 6.04. The normalized spacial score (nSPS) is 21.0. The fraction of sp³-hybridized carbons (Fsp3) is 0.667. The average Bonchev–Trinajstić information content (AvgIpc) is 2.82. The van der Waals surface area contributed by atoms with E-state index in [4.69, 9.17) is 10.7 Å². The summed E-state index contributed by atoms with van der Waals surface area (Å²) < 4.78 is 0. The second-order valence-corrected chi connectivity index (χ2v) is 5.78. The van der Waals surface area contributed by atoms with E-state index in [1.165, 1.54) is 37.8 Å². The van der Waals surface area contributed by atoms with Crippen molar-refractivity contribution in [2.75, 3.05) is 11.5 Å². The number of nitrogen functional groups attached to an aromatic ring is 1. The van der Waals surface area contributed by atoms with Crippen LogP contribution in [0.1, 0.15) is 49.5 Å². The van der Waals surface area contributed by atoms with Crippen LogP contribution >= 0.6 is 11.8 Å². The van der Waals surface area contributed by atoms with E-state index in [9.17, 15) is 0 Å². The third-order valence-corrected chi connectivity index (χ3v) is 4.73. The molecule has 2 N–H and O–H groups in total. The monoisotopic (exact) mass is 235 g/mol. The minimum absolute atomic E-state index is 0.569. The molecule has 2 heterocycles. The van der Waals surface area contributed by atoms with Gasteiger partial charge in [-0.1, -0.05) is 12.8 Å². The molecule has 0 spiro atoms. The van der Waals surface area contributed by atoms with Gasteiger partial charge in [0, 0.05) is 5.92 Å². The van der Waals surface area contributed by atoms with E-state index in [0.717, 1.165) is 28.7 Å². The van der Waals surface area contributed by atoms with Crippen molar-refractivity contribution >= 4 is 17.6 Å². The first-order chi connectivity index (χ1) is 7.84. The molecule has 1 aromatic rings. The van der Waals surface area contributed by atoms with Crippen molar-refractivity contribution in [1.29, 1.82) is 0 Å². The summed E-state index contributed by atoms with van der Waals surface area (Å²) in [6.45, 7) is 0. The van der Waals surface area contributed by atoms with Crippen molar-refractivity contribution in [1.82, 2.24) is 9.97 Å². The van der Waals surface area contributed by atoms with Crippen LogP contribution in [0.25, 0.3) is 0 Å². The Balaban J connectivity index is 1.97. The highest BCUT2D eigenvalue weighted by atomic mass is 32.2. The Bertz CT molecular complexity index is 399. The highest BCUT2D eigenvalue weighted by molar-refractivity contribution is 7.99. The van der Waals surface area contributed by atoms with Crippen LogP contribution in [0, 0.1) is 0 Å². The van der Waals surface area contributed by atoms with Gasteiger partial charge in [0.1, 0.15) is 11.6 Å². The molecule has 86 valence electrons. The molecule has 0 bridgehead atoms. The average molecular weight is 235 g/mol. The Morgan fingerprint density at radius 2 is 1.94 bits per heavy atom. The first-order valence-corrected chi connectivity index (χ1v) is 7.12. The number of hydrogen-bond donors (Lipinski definition) is 1. The Kier molecular flexibility index (Phi) is 2.75. The lowest BCUT2D eigenvalue weighted by Gasteiger charge is -2.18. The van der Waals surface area contributed by atoms with E-state index in [-0.39, 0.29) is 0 Å². The molecule has 2 aliphatic rings. The molecule has 0 unspecified atom stereocenters. The SMILES string of the molecule is Nc1nc(C2CCCC2)nc2c1SCCC2. The maximum absolute atomic E-state index is 6.04. The Morgan fingerprint density at radius 3 is 2.75 bits per heavy atom. The molecule has 3 rings (SSSR count). The van der Waals surface area contributed by atoms with Gasteiger partial charge in [-0.3, -0.25) is 0 Å². The van der Waals surface area contributed by atoms with Crippen molar-refractivity contribution in [3.8, 4) is 0 Å². The fourth-order valence-electron chi connectivity index (χ4n) is 2.64. The van der Waals surface area contributed by atoms with Crippen LogP contribution in [0.15, 0.2) is 4.90 Å². The van der Waals surface area contributed by atoms with Gasteiger partial charge in [0.05, 0.1) is 10.6 Å². The molecule has 1 fully saturated rings. The standard InChI is InChI=1S/C12H17N3S/c13-11-10-9(6-3-7-16-10)14-12(15-11)8-4-1-2-5-8/h8H,1-7H2,(H2,13,14,15). The highest BCUT2D eigenvalue weighted by Crippen LogP contribution is 2.37. The first kappa shape index (κ1) is 10.4. The van der Waals surface area contributed by atoms with E-state index in [2.05, 4.69) is 4.98 Å². The van der Waals surface area contributed by atoms with Gasteiger partial charge in [-0.2, -0.15) is 0 Å². The molecule has 1 aromatic heterocycles. The van der Waals surface area contributed by atoms with Gasteiger partial charge in [0.15, 0.2) is 0 Å². The molecule has 0 atom stereocenters. The zero-order chi connectivity index (χ0) is 11.0. The summed E-state index contributed by atoms with van der Waals surface area (Å²) in [5.74, 6) is 3.45. The largest absolute Gasteiger partial charge is 0.383 e. The summed E-state index contributed by atoms with van der Waals surface area (Å²) in [6.07, 6.45) is 7.42. The molecular weight excluding hydrogens is 218 g/mol. The topological polar surface area (TPSA) is 51.8 Å². The quantitative estimate of drug-likeness (QED) is 0.813. The van der Waals surface area contributed by atoms with E-state index in [0.29, 0.717) is 5.92 Å². The molecule has 1 saturated carbocycles. The molecule has 0 aromatic carbocycles. The lowest BCUT2D eigenvalue weighted by atomic mass is 10.1. The number of anilines is 1. The molecule has 4 heteroatoms. The number of hydrogen-bond acceptors (Lipinski definition) is 4. The Hall–Kier alpha value is -0.770. The number of nitrogens with two attached hydrogens (primary N) is 1. The first-order valence-electron chi connectivity index (χ1n) is 6.13. The molecule has 16 heavy (non-hydrogen) atoms. The molecule has 3 nitrogen and oxygen atoms in total. The van der Waals surface area contributed by atoms with Crippen LogP contribution < -0.4 is 5.73 Å². The maximum Gasteiger partial charge on any atom is 0.141 e. The van der Waals surface area contributed by atoms with E-state index < -0.39 is 0 Å². The van der Waals surface area contributed by atoms with Crippen molar-refractivity contribution in [2.45, 2.75) is 49.3 Å². The van der Waals surface area contributed by atoms with Gasteiger partial charge in [0.2, 0.25) is 0 Å². The zero-order valence-corrected chi connectivity index (χ0v) is 10.2. The summed E-state index contributed by atoms with van der Waals surface area (Å²) >= 11 is 1.82. The van der Waals surface area contributed by atoms with Crippen LogP contribution in [-0.4, -0.2) is 15.7 Å². The zero-order valence-electron chi connectivity index (χ0n) is 9.41. The molecule has 0 radical (unpaired) electrons. The van der Waals surface area contributed by atoms with Crippen LogP contribution in [0.3, 0.4) is 0 Å².